The lowest BCUT2D eigenvalue weighted by Crippen LogP contribution is -2.32. The number of halogens is 4. The maximum Gasteiger partial charge on any atom is 0.391 e. The van der Waals surface area contributed by atoms with Gasteiger partial charge in [0.15, 0.2) is 0 Å². The second-order valence-electron chi connectivity index (χ2n) is 5.17. The summed E-state index contributed by atoms with van der Waals surface area (Å²) in [7, 11) is 0. The highest BCUT2D eigenvalue weighted by Gasteiger charge is 2.41. The number of hydrogen-bond donors (Lipinski definition) is 1. The molecule has 1 nitrogen and oxygen atoms in total. The van der Waals surface area contributed by atoms with Crippen molar-refractivity contribution < 1.29 is 13.2 Å². The monoisotopic (exact) mass is 335 g/mol. The van der Waals surface area contributed by atoms with Gasteiger partial charge in [-0.2, -0.15) is 13.2 Å². The maximum atomic E-state index is 12.6. The molecule has 1 saturated carbocycles. The fraction of sp³-hybridized carbons (Fsp3) is 0.571. The van der Waals surface area contributed by atoms with E-state index in [1.54, 1.807) is 0 Å². The molecule has 0 atom stereocenters. The summed E-state index contributed by atoms with van der Waals surface area (Å²) >= 11 is 3.51. The summed E-state index contributed by atoms with van der Waals surface area (Å²) < 4.78 is 38.7. The quantitative estimate of drug-likeness (QED) is 0.774. The molecule has 0 radical (unpaired) electrons. The van der Waals surface area contributed by atoms with Gasteiger partial charge in [-0.1, -0.05) is 12.1 Å². The Labute approximate surface area is 119 Å². The third kappa shape index (κ3) is 3.65. The van der Waals surface area contributed by atoms with Gasteiger partial charge in [0.25, 0.3) is 0 Å². The first-order valence-electron chi connectivity index (χ1n) is 6.46. The fourth-order valence-electron chi connectivity index (χ4n) is 2.54. The van der Waals surface area contributed by atoms with Crippen LogP contribution < -0.4 is 5.32 Å². The Balaban J connectivity index is 1.94. The van der Waals surface area contributed by atoms with Crippen LogP contribution in [-0.2, 0) is 0 Å². The minimum absolute atomic E-state index is 0.136. The zero-order valence-corrected chi connectivity index (χ0v) is 12.3. The lowest BCUT2D eigenvalue weighted by Gasteiger charge is -2.31. The van der Waals surface area contributed by atoms with Gasteiger partial charge in [-0.15, -0.1) is 0 Å². The van der Waals surface area contributed by atoms with E-state index >= 15 is 0 Å². The first-order valence-corrected chi connectivity index (χ1v) is 7.25. The molecule has 1 N–H and O–H groups in total. The zero-order valence-electron chi connectivity index (χ0n) is 10.7. The van der Waals surface area contributed by atoms with E-state index in [1.165, 1.54) is 0 Å². The number of benzene rings is 1. The van der Waals surface area contributed by atoms with Crippen LogP contribution in [-0.4, -0.2) is 12.2 Å². The molecule has 1 aliphatic rings. The third-order valence-electron chi connectivity index (χ3n) is 3.74. The summed E-state index contributed by atoms with van der Waals surface area (Å²) in [4.78, 5) is 0. The molecule has 1 aliphatic carbocycles. The molecule has 1 fully saturated rings. The highest BCUT2D eigenvalue weighted by atomic mass is 79.9. The predicted molar refractivity (Wildman–Crippen MR) is 74.3 cm³/mol. The molecule has 0 saturated heterocycles. The van der Waals surface area contributed by atoms with Crippen LogP contribution in [0.5, 0.6) is 0 Å². The maximum absolute atomic E-state index is 12.6. The molecule has 0 spiro atoms. The molecule has 1 aromatic carbocycles. The van der Waals surface area contributed by atoms with E-state index in [0.29, 0.717) is 12.8 Å². The SMILES string of the molecule is Cc1cccc(NC2CCC(C(F)(F)F)CC2)c1Br. The van der Waals surface area contributed by atoms with Gasteiger partial charge in [-0.05, 0) is 60.2 Å². The zero-order chi connectivity index (χ0) is 14.0. The average Bonchev–Trinajstić information content (AvgIpc) is 2.35. The standard InChI is InChI=1S/C14H17BrF3N/c1-9-3-2-4-12(13(9)15)19-11-7-5-10(6-8-11)14(16,17)18/h2-4,10-11,19H,5-8H2,1H3. The molecule has 0 unspecified atom stereocenters. The molecule has 1 aromatic rings. The van der Waals surface area contributed by atoms with E-state index < -0.39 is 12.1 Å². The molecule has 0 amide bonds. The van der Waals surface area contributed by atoms with Gasteiger partial charge in [-0.3, -0.25) is 0 Å². The number of rotatable bonds is 2. The van der Waals surface area contributed by atoms with Crippen LogP contribution in [0.4, 0.5) is 18.9 Å². The lowest BCUT2D eigenvalue weighted by molar-refractivity contribution is -0.182. The molecule has 0 aromatic heterocycles. The summed E-state index contributed by atoms with van der Waals surface area (Å²) in [5.41, 5.74) is 2.09. The van der Waals surface area contributed by atoms with Crippen LogP contribution in [0, 0.1) is 12.8 Å². The predicted octanol–water partition coefficient (Wildman–Crippen LogP) is 5.29. The van der Waals surface area contributed by atoms with Gasteiger partial charge >= 0.3 is 6.18 Å². The first kappa shape index (κ1) is 14.7. The van der Waals surface area contributed by atoms with Crippen LogP contribution >= 0.6 is 15.9 Å². The first-order chi connectivity index (χ1) is 8.88. The van der Waals surface area contributed by atoms with E-state index in [0.717, 1.165) is 15.7 Å². The third-order valence-corrected chi connectivity index (χ3v) is 4.79. The summed E-state index contributed by atoms with van der Waals surface area (Å²) in [6.45, 7) is 2.00. The van der Waals surface area contributed by atoms with Crippen molar-refractivity contribution in [3.8, 4) is 0 Å². The second-order valence-corrected chi connectivity index (χ2v) is 5.96. The van der Waals surface area contributed by atoms with E-state index in [9.17, 15) is 13.2 Å². The van der Waals surface area contributed by atoms with Crippen molar-refractivity contribution in [2.75, 3.05) is 5.32 Å². The van der Waals surface area contributed by atoms with Crippen LogP contribution in [0.15, 0.2) is 22.7 Å². The van der Waals surface area contributed by atoms with Gasteiger partial charge in [0.1, 0.15) is 0 Å². The summed E-state index contributed by atoms with van der Waals surface area (Å²) in [5.74, 6) is -1.12. The Bertz CT molecular complexity index is 437. The van der Waals surface area contributed by atoms with Crippen molar-refractivity contribution in [3.63, 3.8) is 0 Å². The number of anilines is 1. The highest BCUT2D eigenvalue weighted by molar-refractivity contribution is 9.10. The lowest BCUT2D eigenvalue weighted by atomic mass is 9.85. The fourth-order valence-corrected chi connectivity index (χ4v) is 2.92. The number of alkyl halides is 3. The molecule has 106 valence electrons. The van der Waals surface area contributed by atoms with Crippen molar-refractivity contribution in [3.05, 3.63) is 28.2 Å². The molecule has 5 heteroatoms. The van der Waals surface area contributed by atoms with Gasteiger partial charge in [0.05, 0.1) is 5.92 Å². The van der Waals surface area contributed by atoms with E-state index in [2.05, 4.69) is 21.2 Å². The Morgan fingerprint density at radius 2 is 1.79 bits per heavy atom. The number of nitrogens with one attached hydrogen (secondary N) is 1. The molecule has 19 heavy (non-hydrogen) atoms. The van der Waals surface area contributed by atoms with Crippen molar-refractivity contribution in [2.24, 2.45) is 5.92 Å². The van der Waals surface area contributed by atoms with Crippen LogP contribution in [0.1, 0.15) is 31.2 Å². The van der Waals surface area contributed by atoms with Crippen molar-refractivity contribution in [1.82, 2.24) is 0 Å². The minimum atomic E-state index is -4.03. The molecular weight excluding hydrogens is 319 g/mol. The van der Waals surface area contributed by atoms with E-state index in [4.69, 9.17) is 0 Å². The highest BCUT2D eigenvalue weighted by Crippen LogP contribution is 2.38. The van der Waals surface area contributed by atoms with Crippen molar-refractivity contribution in [2.45, 2.75) is 44.8 Å². The molecular formula is C14H17BrF3N. The average molecular weight is 336 g/mol. The molecule has 2 rings (SSSR count). The van der Waals surface area contributed by atoms with Crippen LogP contribution in [0.25, 0.3) is 0 Å². The molecule has 0 bridgehead atoms. The molecule has 0 heterocycles. The summed E-state index contributed by atoms with van der Waals surface area (Å²) in [5, 5.41) is 3.35. The summed E-state index contributed by atoms with van der Waals surface area (Å²) in [6.07, 6.45) is -2.43. The van der Waals surface area contributed by atoms with Gasteiger partial charge in [0, 0.05) is 16.2 Å². The Kier molecular flexibility index (Phi) is 4.43. The Morgan fingerprint density at radius 3 is 2.37 bits per heavy atom. The minimum Gasteiger partial charge on any atom is -0.381 e. The topological polar surface area (TPSA) is 12.0 Å². The van der Waals surface area contributed by atoms with Gasteiger partial charge in [0.2, 0.25) is 0 Å². The van der Waals surface area contributed by atoms with Crippen molar-refractivity contribution in [1.29, 1.82) is 0 Å². The van der Waals surface area contributed by atoms with Gasteiger partial charge in [-0.25, -0.2) is 0 Å². The normalized spacial score (nSPS) is 24.3. The summed E-state index contributed by atoms with van der Waals surface area (Å²) in [6, 6.07) is 6.03. The molecule has 0 aliphatic heterocycles. The number of hydrogen-bond acceptors (Lipinski definition) is 1. The van der Waals surface area contributed by atoms with Crippen molar-refractivity contribution >= 4 is 21.6 Å². The van der Waals surface area contributed by atoms with Crippen LogP contribution in [0.3, 0.4) is 0 Å². The van der Waals surface area contributed by atoms with Gasteiger partial charge < -0.3 is 5.32 Å². The Hall–Kier alpha value is -0.710. The smallest absolute Gasteiger partial charge is 0.381 e. The Morgan fingerprint density at radius 1 is 1.16 bits per heavy atom. The largest absolute Gasteiger partial charge is 0.391 e. The van der Waals surface area contributed by atoms with E-state index in [1.807, 2.05) is 25.1 Å². The van der Waals surface area contributed by atoms with Crippen LogP contribution in [0.2, 0.25) is 0 Å². The van der Waals surface area contributed by atoms with E-state index in [-0.39, 0.29) is 18.9 Å². The number of aryl methyl sites for hydroxylation is 1. The second kappa shape index (κ2) is 5.73.